The number of halogens is 1. The fraction of sp³-hybridized carbons (Fsp3) is 0.778. The predicted molar refractivity (Wildman–Crippen MR) is 96.9 cm³/mol. The molecule has 0 aromatic carbocycles. The number of nitrogens with one attached hydrogen (secondary N) is 1. The van der Waals surface area contributed by atoms with Gasteiger partial charge < -0.3 is 5.32 Å². The quantitative estimate of drug-likeness (QED) is 0.655. The van der Waals surface area contributed by atoms with E-state index in [1.54, 1.807) is 0 Å². The van der Waals surface area contributed by atoms with Gasteiger partial charge in [-0.15, -0.1) is 6.58 Å². The van der Waals surface area contributed by atoms with Crippen LogP contribution in [0.3, 0.4) is 0 Å². The Bertz CT molecular complexity index is 283. The molecule has 1 saturated heterocycles. The van der Waals surface area contributed by atoms with Crippen molar-refractivity contribution < 1.29 is 0 Å². The summed E-state index contributed by atoms with van der Waals surface area (Å²) in [4.78, 5) is 2.62. The highest BCUT2D eigenvalue weighted by Crippen LogP contribution is 2.23. The summed E-state index contributed by atoms with van der Waals surface area (Å²) >= 11 is 6.16. The minimum atomic E-state index is 0.327. The zero-order valence-electron chi connectivity index (χ0n) is 14.5. The van der Waals surface area contributed by atoms with E-state index in [0.29, 0.717) is 17.9 Å². The van der Waals surface area contributed by atoms with E-state index in [-0.39, 0.29) is 0 Å². The molecular weight excluding hydrogens is 280 g/mol. The van der Waals surface area contributed by atoms with Crippen LogP contribution in [0, 0.1) is 11.8 Å². The van der Waals surface area contributed by atoms with Crippen molar-refractivity contribution in [3.8, 4) is 0 Å². The van der Waals surface area contributed by atoms with Crippen molar-refractivity contribution in [2.24, 2.45) is 11.8 Å². The second-order valence-corrected chi connectivity index (χ2v) is 6.48. The van der Waals surface area contributed by atoms with Crippen LogP contribution in [0.15, 0.2) is 24.3 Å². The first-order valence-electron chi connectivity index (χ1n) is 8.44. The lowest BCUT2D eigenvalue weighted by molar-refractivity contribution is 0.131. The van der Waals surface area contributed by atoms with Crippen molar-refractivity contribution in [3.63, 3.8) is 0 Å². The van der Waals surface area contributed by atoms with E-state index in [2.05, 4.69) is 37.2 Å². The van der Waals surface area contributed by atoms with Crippen LogP contribution < -0.4 is 5.32 Å². The molecule has 0 radical (unpaired) electrons. The van der Waals surface area contributed by atoms with E-state index in [4.69, 9.17) is 11.6 Å². The number of allylic oxidation sites excluding steroid dienone is 1. The van der Waals surface area contributed by atoms with E-state index in [1.165, 1.54) is 12.8 Å². The first-order chi connectivity index (χ1) is 10.0. The van der Waals surface area contributed by atoms with Gasteiger partial charge in [0.25, 0.3) is 0 Å². The summed E-state index contributed by atoms with van der Waals surface area (Å²) in [6, 6.07) is 0.687. The van der Waals surface area contributed by atoms with Crippen LogP contribution in [-0.2, 0) is 0 Å². The van der Waals surface area contributed by atoms with E-state index in [0.717, 1.165) is 37.6 Å². The Labute approximate surface area is 137 Å². The Morgan fingerprint density at radius 2 is 1.86 bits per heavy atom. The largest absolute Gasteiger partial charge is 0.317 e. The Balaban J connectivity index is 0.00000191. The zero-order valence-corrected chi connectivity index (χ0v) is 15.3. The maximum atomic E-state index is 6.16. The van der Waals surface area contributed by atoms with Crippen LogP contribution in [0.2, 0.25) is 0 Å². The maximum absolute atomic E-state index is 6.16. The van der Waals surface area contributed by atoms with Gasteiger partial charge in [0.15, 0.2) is 0 Å². The second kappa shape index (κ2) is 12.3. The van der Waals surface area contributed by atoms with Crippen molar-refractivity contribution in [2.45, 2.75) is 53.0 Å². The number of rotatable bonds is 8. The fourth-order valence-electron chi connectivity index (χ4n) is 2.80. The third-order valence-electron chi connectivity index (χ3n) is 3.77. The van der Waals surface area contributed by atoms with Crippen LogP contribution in [0.4, 0.5) is 0 Å². The summed E-state index contributed by atoms with van der Waals surface area (Å²) in [5.74, 6) is 1.01. The molecule has 1 rings (SSSR count). The highest BCUT2D eigenvalue weighted by atomic mass is 35.5. The van der Waals surface area contributed by atoms with Crippen LogP contribution in [0.1, 0.15) is 47.0 Å². The second-order valence-electron chi connectivity index (χ2n) is 6.00. The van der Waals surface area contributed by atoms with E-state index in [9.17, 15) is 0 Å². The Morgan fingerprint density at radius 1 is 1.29 bits per heavy atom. The van der Waals surface area contributed by atoms with Crippen LogP contribution in [-0.4, -0.2) is 37.1 Å². The van der Waals surface area contributed by atoms with E-state index >= 15 is 0 Å². The molecule has 0 bridgehead atoms. The summed E-state index contributed by atoms with van der Waals surface area (Å²) < 4.78 is 0. The van der Waals surface area contributed by atoms with Gasteiger partial charge in [-0.25, -0.2) is 0 Å². The molecule has 1 atom stereocenters. The van der Waals surface area contributed by atoms with Crippen molar-refractivity contribution in [1.82, 2.24) is 10.2 Å². The Hall–Kier alpha value is -0.310. The predicted octanol–water partition coefficient (Wildman–Crippen LogP) is 4.67. The van der Waals surface area contributed by atoms with Gasteiger partial charge in [0.05, 0.1) is 0 Å². The molecular formula is C18H35ClN2. The standard InChI is InChI=1S/C16H29ClN2.C2H6/c1-5-6-15(14(4)17)12-19(11-13(2)3)16-7-9-18-10-8-16;1-2/h5,13,15-16,18H,1,4,6-12H2,2-3H3;1-2H3. The monoisotopic (exact) mass is 314 g/mol. The first-order valence-corrected chi connectivity index (χ1v) is 8.82. The van der Waals surface area contributed by atoms with Gasteiger partial charge in [0.1, 0.15) is 0 Å². The molecule has 0 amide bonds. The number of piperidine rings is 1. The molecule has 1 unspecified atom stereocenters. The maximum Gasteiger partial charge on any atom is 0.0156 e. The van der Waals surface area contributed by atoms with Gasteiger partial charge in [-0.1, -0.05) is 52.0 Å². The van der Waals surface area contributed by atoms with E-state index < -0.39 is 0 Å². The van der Waals surface area contributed by atoms with Crippen molar-refractivity contribution >= 4 is 11.6 Å². The fourth-order valence-corrected chi connectivity index (χ4v) is 2.96. The minimum absolute atomic E-state index is 0.327. The molecule has 1 aliphatic rings. The SMILES string of the molecule is C=CCC(CN(CC(C)C)C1CCNCC1)C(=C)Cl.CC. The van der Waals surface area contributed by atoms with Gasteiger partial charge in [0, 0.05) is 30.1 Å². The highest BCUT2D eigenvalue weighted by molar-refractivity contribution is 6.29. The van der Waals surface area contributed by atoms with Crippen molar-refractivity contribution in [1.29, 1.82) is 0 Å². The topological polar surface area (TPSA) is 15.3 Å². The Kier molecular flexibility index (Phi) is 12.1. The number of nitrogens with zero attached hydrogens (tertiary/aromatic N) is 1. The van der Waals surface area contributed by atoms with Gasteiger partial charge >= 0.3 is 0 Å². The Morgan fingerprint density at radius 3 is 2.29 bits per heavy atom. The van der Waals surface area contributed by atoms with E-state index in [1.807, 2.05) is 19.9 Å². The third-order valence-corrected chi connectivity index (χ3v) is 4.08. The van der Waals surface area contributed by atoms with Crippen LogP contribution in [0.25, 0.3) is 0 Å². The molecule has 0 aromatic heterocycles. The lowest BCUT2D eigenvalue weighted by Gasteiger charge is -2.37. The van der Waals surface area contributed by atoms with Crippen molar-refractivity contribution in [2.75, 3.05) is 26.2 Å². The smallest absolute Gasteiger partial charge is 0.0156 e. The minimum Gasteiger partial charge on any atom is -0.317 e. The summed E-state index contributed by atoms with van der Waals surface area (Å²) in [5.41, 5.74) is 0. The summed E-state index contributed by atoms with van der Waals surface area (Å²) in [6.07, 6.45) is 5.35. The molecule has 21 heavy (non-hydrogen) atoms. The number of hydrogen-bond acceptors (Lipinski definition) is 2. The molecule has 2 nitrogen and oxygen atoms in total. The molecule has 0 spiro atoms. The summed E-state index contributed by atoms with van der Waals surface area (Å²) in [6.45, 7) is 20.7. The van der Waals surface area contributed by atoms with Gasteiger partial charge in [-0.05, 0) is 38.3 Å². The lowest BCUT2D eigenvalue weighted by Crippen LogP contribution is -2.46. The molecule has 0 saturated carbocycles. The molecule has 1 aliphatic heterocycles. The average Bonchev–Trinajstić information content (AvgIpc) is 2.48. The van der Waals surface area contributed by atoms with Crippen LogP contribution >= 0.6 is 11.6 Å². The van der Waals surface area contributed by atoms with Gasteiger partial charge in [-0.2, -0.15) is 0 Å². The normalized spacial score (nSPS) is 17.3. The number of hydrogen-bond donors (Lipinski definition) is 1. The highest BCUT2D eigenvalue weighted by Gasteiger charge is 2.24. The summed E-state index contributed by atoms with van der Waals surface area (Å²) in [7, 11) is 0. The zero-order chi connectivity index (χ0) is 16.3. The molecule has 0 aromatic rings. The molecule has 0 aliphatic carbocycles. The average molecular weight is 315 g/mol. The molecule has 1 heterocycles. The van der Waals surface area contributed by atoms with Crippen LogP contribution in [0.5, 0.6) is 0 Å². The van der Waals surface area contributed by atoms with Crippen molar-refractivity contribution in [3.05, 3.63) is 24.3 Å². The third kappa shape index (κ3) is 8.65. The molecule has 124 valence electrons. The summed E-state index contributed by atoms with van der Waals surface area (Å²) in [5, 5.41) is 4.20. The molecule has 3 heteroatoms. The first kappa shape index (κ1) is 20.7. The molecule has 1 fully saturated rings. The lowest BCUT2D eigenvalue weighted by atomic mass is 9.98. The van der Waals surface area contributed by atoms with Gasteiger partial charge in [-0.3, -0.25) is 4.90 Å². The molecule has 1 N–H and O–H groups in total. The van der Waals surface area contributed by atoms with Gasteiger partial charge in [0.2, 0.25) is 0 Å².